The van der Waals surface area contributed by atoms with Gasteiger partial charge in [0, 0.05) is 45.2 Å². The maximum atomic E-state index is 13.0. The van der Waals surface area contributed by atoms with Crippen molar-refractivity contribution >= 4 is 23.3 Å². The highest BCUT2D eigenvalue weighted by atomic mass is 35.5. The van der Waals surface area contributed by atoms with Gasteiger partial charge in [-0.3, -0.25) is 4.79 Å². The molecule has 2 aliphatic rings. The Morgan fingerprint density at radius 1 is 1.00 bits per heavy atom. The second-order valence-electron chi connectivity index (χ2n) is 7.46. The number of benzene rings is 1. The molecule has 2 fully saturated rings. The Labute approximate surface area is 171 Å². The molecule has 0 spiro atoms. The van der Waals surface area contributed by atoms with Crippen molar-refractivity contribution in [3.05, 3.63) is 53.2 Å². The number of anilines is 1. The Morgan fingerprint density at radius 3 is 2.50 bits per heavy atom. The zero-order valence-corrected chi connectivity index (χ0v) is 16.8. The number of amides is 1. The van der Waals surface area contributed by atoms with Crippen LogP contribution in [0.5, 0.6) is 5.75 Å². The molecule has 6 heteroatoms. The minimum atomic E-state index is 0.109. The van der Waals surface area contributed by atoms with Crippen molar-refractivity contribution in [1.82, 2.24) is 9.88 Å². The third kappa shape index (κ3) is 4.25. The van der Waals surface area contributed by atoms with Gasteiger partial charge in [0.25, 0.3) is 5.91 Å². The van der Waals surface area contributed by atoms with E-state index in [0.717, 1.165) is 69.0 Å². The Hall–Kier alpha value is -2.27. The smallest absolute Gasteiger partial charge is 0.257 e. The average molecular weight is 400 g/mol. The van der Waals surface area contributed by atoms with Gasteiger partial charge < -0.3 is 14.5 Å². The van der Waals surface area contributed by atoms with Gasteiger partial charge in [-0.25, -0.2) is 4.98 Å². The first-order valence-electron chi connectivity index (χ1n) is 10.1. The Morgan fingerprint density at radius 2 is 1.75 bits per heavy atom. The zero-order valence-electron chi connectivity index (χ0n) is 16.0. The van der Waals surface area contributed by atoms with Crippen molar-refractivity contribution < 1.29 is 9.53 Å². The van der Waals surface area contributed by atoms with Gasteiger partial charge in [-0.15, -0.1) is 0 Å². The number of carbonyl (C=O) groups is 1. The van der Waals surface area contributed by atoms with Crippen molar-refractivity contribution in [1.29, 1.82) is 0 Å². The molecule has 0 aliphatic carbocycles. The number of hydrogen-bond donors (Lipinski definition) is 0. The number of likely N-dealkylation sites (tertiary alicyclic amines) is 1. The summed E-state index contributed by atoms with van der Waals surface area (Å²) in [5.74, 6) is 1.65. The number of nitrogens with zero attached hydrogens (tertiary/aromatic N) is 3. The third-order valence-electron chi connectivity index (χ3n) is 5.53. The second-order valence-corrected chi connectivity index (χ2v) is 7.87. The van der Waals surface area contributed by atoms with Gasteiger partial charge in [-0.2, -0.15) is 0 Å². The molecule has 0 bridgehead atoms. The Balaban J connectivity index is 1.42. The van der Waals surface area contributed by atoms with Gasteiger partial charge in [0.2, 0.25) is 0 Å². The molecule has 3 heterocycles. The number of para-hydroxylation sites is 1. The number of rotatable bonds is 4. The van der Waals surface area contributed by atoms with Crippen LogP contribution in [-0.4, -0.2) is 48.1 Å². The average Bonchev–Trinajstić information content (AvgIpc) is 2.76. The van der Waals surface area contributed by atoms with Crippen LogP contribution in [0.4, 0.5) is 5.82 Å². The van der Waals surface area contributed by atoms with Crippen molar-refractivity contribution in [2.24, 2.45) is 0 Å². The van der Waals surface area contributed by atoms with Crippen LogP contribution in [0.25, 0.3) is 0 Å². The van der Waals surface area contributed by atoms with E-state index < -0.39 is 0 Å². The van der Waals surface area contributed by atoms with Crippen LogP contribution in [0.2, 0.25) is 5.02 Å². The Kier molecular flexibility index (Phi) is 6.01. The van der Waals surface area contributed by atoms with Gasteiger partial charge in [0.15, 0.2) is 0 Å². The summed E-state index contributed by atoms with van der Waals surface area (Å²) in [6.07, 6.45) is 7.04. The second kappa shape index (κ2) is 8.82. The van der Waals surface area contributed by atoms with E-state index in [2.05, 4.69) is 9.88 Å². The van der Waals surface area contributed by atoms with E-state index in [-0.39, 0.29) is 12.0 Å². The van der Waals surface area contributed by atoms with Crippen LogP contribution in [-0.2, 0) is 0 Å². The van der Waals surface area contributed by atoms with Crippen LogP contribution >= 0.6 is 11.6 Å². The van der Waals surface area contributed by atoms with Crippen LogP contribution < -0.4 is 9.64 Å². The van der Waals surface area contributed by atoms with Gasteiger partial charge >= 0.3 is 0 Å². The molecule has 0 N–H and O–H groups in total. The highest BCUT2D eigenvalue weighted by molar-refractivity contribution is 6.32. The molecule has 1 amide bonds. The number of carbonyl (C=O) groups excluding carboxylic acids is 1. The summed E-state index contributed by atoms with van der Waals surface area (Å²) in [6, 6.07) is 11.4. The molecule has 2 aromatic rings. The monoisotopic (exact) mass is 399 g/mol. The van der Waals surface area contributed by atoms with E-state index in [9.17, 15) is 4.79 Å². The topological polar surface area (TPSA) is 45.7 Å². The zero-order chi connectivity index (χ0) is 19.3. The van der Waals surface area contributed by atoms with E-state index in [1.54, 1.807) is 6.20 Å². The molecule has 4 rings (SSSR count). The molecule has 1 aromatic carbocycles. The number of pyridine rings is 1. The molecule has 0 unspecified atom stereocenters. The summed E-state index contributed by atoms with van der Waals surface area (Å²) in [5, 5.41) is 0.643. The molecular formula is C22H26ClN3O2. The Bertz CT molecular complexity index is 815. The van der Waals surface area contributed by atoms with Gasteiger partial charge in [0.1, 0.15) is 17.7 Å². The molecular weight excluding hydrogens is 374 g/mol. The van der Waals surface area contributed by atoms with E-state index >= 15 is 0 Å². The normalized spacial score (nSPS) is 18.2. The maximum Gasteiger partial charge on any atom is 0.257 e. The lowest BCUT2D eigenvalue weighted by molar-refractivity contribution is 0.0724. The van der Waals surface area contributed by atoms with Crippen molar-refractivity contribution in [3.63, 3.8) is 0 Å². The van der Waals surface area contributed by atoms with Crippen LogP contribution in [0.3, 0.4) is 0 Å². The standard InChI is InChI=1S/C22H26ClN3O2/c23-19-8-2-3-9-20(19)28-17-10-15-25(16-11-17)21-18(7-6-12-24-21)22(27)26-13-4-1-5-14-26/h2-3,6-9,12,17H,1,4-5,10-11,13-16H2. The van der Waals surface area contributed by atoms with Gasteiger partial charge in [-0.1, -0.05) is 23.7 Å². The first-order valence-corrected chi connectivity index (χ1v) is 10.5. The summed E-state index contributed by atoms with van der Waals surface area (Å²) < 4.78 is 6.09. The molecule has 2 aliphatic heterocycles. The number of ether oxygens (including phenoxy) is 1. The van der Waals surface area contributed by atoms with Crippen LogP contribution in [0.1, 0.15) is 42.5 Å². The molecule has 0 saturated carbocycles. The molecule has 148 valence electrons. The van der Waals surface area contributed by atoms with Crippen LogP contribution in [0.15, 0.2) is 42.6 Å². The third-order valence-corrected chi connectivity index (χ3v) is 5.84. The van der Waals surface area contributed by atoms with E-state index in [0.29, 0.717) is 5.02 Å². The molecule has 0 radical (unpaired) electrons. The lowest BCUT2D eigenvalue weighted by Gasteiger charge is -2.34. The first-order chi connectivity index (χ1) is 13.7. The number of halogens is 1. The van der Waals surface area contributed by atoms with Gasteiger partial charge in [-0.05, 0) is 43.5 Å². The largest absolute Gasteiger partial charge is 0.489 e. The number of hydrogen-bond acceptors (Lipinski definition) is 4. The fourth-order valence-electron chi connectivity index (χ4n) is 3.99. The summed E-state index contributed by atoms with van der Waals surface area (Å²) in [5.41, 5.74) is 0.717. The van der Waals surface area contributed by atoms with Crippen molar-refractivity contribution in [2.75, 3.05) is 31.1 Å². The summed E-state index contributed by atoms with van der Waals surface area (Å²) in [4.78, 5) is 21.8. The maximum absolute atomic E-state index is 13.0. The highest BCUT2D eigenvalue weighted by Crippen LogP contribution is 2.29. The lowest BCUT2D eigenvalue weighted by atomic mass is 10.1. The minimum absolute atomic E-state index is 0.109. The van der Waals surface area contributed by atoms with Crippen molar-refractivity contribution in [2.45, 2.75) is 38.2 Å². The molecule has 5 nitrogen and oxygen atoms in total. The number of piperidine rings is 2. The fourth-order valence-corrected chi connectivity index (χ4v) is 4.17. The minimum Gasteiger partial charge on any atom is -0.489 e. The SMILES string of the molecule is O=C(c1cccnc1N1CCC(Oc2ccccc2Cl)CC1)N1CCCCC1. The molecule has 0 atom stereocenters. The van der Waals surface area contributed by atoms with E-state index in [4.69, 9.17) is 16.3 Å². The predicted octanol–water partition coefficient (Wildman–Crippen LogP) is 4.41. The fraction of sp³-hybridized carbons (Fsp3) is 0.455. The predicted molar refractivity (Wildman–Crippen MR) is 111 cm³/mol. The highest BCUT2D eigenvalue weighted by Gasteiger charge is 2.27. The summed E-state index contributed by atoms with van der Waals surface area (Å²) in [7, 11) is 0. The van der Waals surface area contributed by atoms with E-state index in [1.165, 1.54) is 6.42 Å². The molecule has 1 aromatic heterocycles. The molecule has 28 heavy (non-hydrogen) atoms. The first kappa shape index (κ1) is 19.1. The summed E-state index contributed by atoms with van der Waals surface area (Å²) in [6.45, 7) is 3.32. The summed E-state index contributed by atoms with van der Waals surface area (Å²) >= 11 is 6.21. The number of aromatic nitrogens is 1. The van der Waals surface area contributed by atoms with Crippen molar-refractivity contribution in [3.8, 4) is 5.75 Å². The quantitative estimate of drug-likeness (QED) is 0.764. The molecule has 2 saturated heterocycles. The van der Waals surface area contributed by atoms with Crippen LogP contribution in [0, 0.1) is 0 Å². The lowest BCUT2D eigenvalue weighted by Crippen LogP contribution is -2.41. The van der Waals surface area contributed by atoms with Gasteiger partial charge in [0.05, 0.1) is 10.6 Å². The van der Waals surface area contributed by atoms with E-state index in [1.807, 2.05) is 41.3 Å².